The minimum Gasteiger partial charge on any atom is -0.418 e. The average Bonchev–Trinajstić information content (AvgIpc) is 2.38. The van der Waals surface area contributed by atoms with Gasteiger partial charge in [-0.2, -0.15) is 4.79 Å². The second kappa shape index (κ2) is 6.71. The topological polar surface area (TPSA) is 36.4 Å². The first-order chi connectivity index (χ1) is 8.90. The maximum Gasteiger partial charge on any atom is 0.673 e. The molecular weight excluding hydrogens is 259 g/mol. The Labute approximate surface area is 107 Å². The molecular formula is C12H10BF4N2-. The third kappa shape index (κ3) is 6.38. The molecule has 100 valence electrons. The molecule has 0 aliphatic heterocycles. The van der Waals surface area contributed by atoms with Gasteiger partial charge < -0.3 is 22.8 Å². The van der Waals surface area contributed by atoms with E-state index in [1.54, 1.807) is 0 Å². The van der Waals surface area contributed by atoms with Gasteiger partial charge in [-0.25, -0.2) is 0 Å². The minimum atomic E-state index is -6.00. The monoisotopic (exact) mass is 269 g/mol. The van der Waals surface area contributed by atoms with E-state index < -0.39 is 7.25 Å². The molecule has 2 nitrogen and oxygen atoms in total. The summed E-state index contributed by atoms with van der Waals surface area (Å²) in [6.07, 6.45) is 6.55. The summed E-state index contributed by atoms with van der Waals surface area (Å²) >= 11 is 0. The number of allylic oxidation sites excluding steroid dienone is 4. The van der Waals surface area contributed by atoms with Crippen molar-refractivity contribution in [3.8, 4) is 0 Å². The summed E-state index contributed by atoms with van der Waals surface area (Å²) in [5.74, 6) is 0. The van der Waals surface area contributed by atoms with E-state index in [4.69, 9.17) is 5.53 Å². The Hall–Kier alpha value is -2.14. The van der Waals surface area contributed by atoms with Crippen molar-refractivity contribution >= 4 is 18.5 Å². The van der Waals surface area contributed by atoms with Crippen LogP contribution < -0.4 is 0 Å². The molecule has 0 saturated heterocycles. The average molecular weight is 269 g/mol. The Morgan fingerprint density at radius 1 is 1.00 bits per heavy atom. The molecule has 0 unspecified atom stereocenters. The molecule has 0 radical (unpaired) electrons. The van der Waals surface area contributed by atoms with Crippen LogP contribution in [0.1, 0.15) is 12.0 Å². The van der Waals surface area contributed by atoms with Gasteiger partial charge in [-0.15, -0.1) is 0 Å². The number of hydrogen-bond donors (Lipinski definition) is 0. The van der Waals surface area contributed by atoms with Crippen LogP contribution in [0, 0.1) is 0 Å². The van der Waals surface area contributed by atoms with Crippen molar-refractivity contribution in [1.82, 2.24) is 0 Å². The molecule has 0 heterocycles. The van der Waals surface area contributed by atoms with Gasteiger partial charge in [-0.3, -0.25) is 0 Å². The molecule has 0 saturated carbocycles. The van der Waals surface area contributed by atoms with E-state index in [0.717, 1.165) is 0 Å². The highest BCUT2D eigenvalue weighted by molar-refractivity contribution is 6.50. The van der Waals surface area contributed by atoms with E-state index in [2.05, 4.69) is 23.0 Å². The number of rotatable bonds is 1. The predicted octanol–water partition coefficient (Wildman–Crippen LogP) is 4.00. The van der Waals surface area contributed by atoms with Crippen molar-refractivity contribution in [2.45, 2.75) is 6.42 Å². The Morgan fingerprint density at radius 2 is 1.58 bits per heavy atom. The van der Waals surface area contributed by atoms with Gasteiger partial charge in [-0.05, 0) is 17.2 Å². The largest absolute Gasteiger partial charge is 0.673 e. The van der Waals surface area contributed by atoms with Crippen LogP contribution in [0.3, 0.4) is 0 Å². The molecule has 0 N–H and O–H groups in total. The van der Waals surface area contributed by atoms with Crippen LogP contribution in [0.2, 0.25) is 0 Å². The predicted molar refractivity (Wildman–Crippen MR) is 67.0 cm³/mol. The van der Waals surface area contributed by atoms with Gasteiger partial charge >= 0.3 is 7.25 Å². The molecule has 19 heavy (non-hydrogen) atoms. The summed E-state index contributed by atoms with van der Waals surface area (Å²) in [4.78, 5) is 3.16. The van der Waals surface area contributed by atoms with Gasteiger partial charge in [0.15, 0.2) is 0 Å². The molecule has 0 aromatic heterocycles. The summed E-state index contributed by atoms with van der Waals surface area (Å²) in [6.45, 7) is 0. The lowest BCUT2D eigenvalue weighted by Crippen LogP contribution is -2.02. The normalized spacial score (nSPS) is 14.1. The molecule has 7 heteroatoms. The zero-order chi connectivity index (χ0) is 14.3. The summed E-state index contributed by atoms with van der Waals surface area (Å²) < 4.78 is 39.0. The Balaban J connectivity index is 0.000000312. The van der Waals surface area contributed by atoms with E-state index in [0.29, 0.717) is 12.1 Å². The molecule has 0 spiro atoms. The lowest BCUT2D eigenvalue weighted by Gasteiger charge is -2.04. The zero-order valence-corrected chi connectivity index (χ0v) is 9.81. The first kappa shape index (κ1) is 14.9. The lowest BCUT2D eigenvalue weighted by atomic mass is 9.99. The maximum absolute atomic E-state index is 9.75. The SMILES string of the molecule is F[B-](F)(F)F.[N-]=[N+]=C1C=CC(c2ccccc2)=CC1. The van der Waals surface area contributed by atoms with E-state index in [1.165, 1.54) is 11.1 Å². The standard InChI is InChI=1S/C12H10N2.BF4/c13-14-12-8-6-11(7-9-12)10-4-2-1-3-5-10;2-1(3,4)5/h1-8H,9H2;/q;-1. The smallest absolute Gasteiger partial charge is 0.418 e. The van der Waals surface area contributed by atoms with Gasteiger partial charge in [0.1, 0.15) is 0 Å². The zero-order valence-electron chi connectivity index (χ0n) is 9.81. The number of halogens is 4. The molecule has 2 rings (SSSR count). The van der Waals surface area contributed by atoms with E-state index in [1.807, 2.05) is 30.4 Å². The van der Waals surface area contributed by atoms with Crippen molar-refractivity contribution in [1.29, 1.82) is 0 Å². The highest BCUT2D eigenvalue weighted by Crippen LogP contribution is 2.19. The Morgan fingerprint density at radius 3 is 2.00 bits per heavy atom. The summed E-state index contributed by atoms with van der Waals surface area (Å²) in [5, 5.41) is 0. The van der Waals surface area contributed by atoms with Gasteiger partial charge in [0.05, 0.1) is 6.42 Å². The van der Waals surface area contributed by atoms with Gasteiger partial charge in [0, 0.05) is 6.08 Å². The number of hydrogen-bond acceptors (Lipinski definition) is 0. The van der Waals surface area contributed by atoms with E-state index in [9.17, 15) is 17.3 Å². The molecule has 1 aliphatic carbocycles. The Bertz CT molecular complexity index is 522. The van der Waals surface area contributed by atoms with Crippen LogP contribution in [-0.2, 0) is 0 Å². The fourth-order valence-electron chi connectivity index (χ4n) is 1.46. The molecule has 1 aromatic rings. The first-order valence-corrected chi connectivity index (χ1v) is 5.42. The van der Waals surface area contributed by atoms with E-state index in [-0.39, 0.29) is 0 Å². The third-order valence-corrected chi connectivity index (χ3v) is 2.22. The quantitative estimate of drug-likeness (QED) is 0.320. The molecule has 1 aliphatic rings. The van der Waals surface area contributed by atoms with Crippen LogP contribution in [0.25, 0.3) is 11.1 Å². The fourth-order valence-corrected chi connectivity index (χ4v) is 1.46. The van der Waals surface area contributed by atoms with E-state index >= 15 is 0 Å². The summed E-state index contributed by atoms with van der Waals surface area (Å²) in [5.41, 5.74) is 11.6. The minimum absolute atomic E-state index is 0.692. The summed E-state index contributed by atoms with van der Waals surface area (Å²) in [7, 11) is -6.00. The fraction of sp³-hybridized carbons (Fsp3) is 0.0833. The Kier molecular flexibility index (Phi) is 5.27. The van der Waals surface area contributed by atoms with Gasteiger partial charge in [-0.1, -0.05) is 36.4 Å². The maximum atomic E-state index is 9.75. The third-order valence-electron chi connectivity index (χ3n) is 2.22. The highest BCUT2D eigenvalue weighted by Gasteiger charge is 2.20. The van der Waals surface area contributed by atoms with Crippen molar-refractivity contribution < 1.29 is 22.1 Å². The molecule has 0 fully saturated rings. The second-order valence-corrected chi connectivity index (χ2v) is 3.65. The van der Waals surface area contributed by atoms with Crippen molar-refractivity contribution in [3.05, 3.63) is 59.7 Å². The second-order valence-electron chi connectivity index (χ2n) is 3.65. The first-order valence-electron chi connectivity index (χ1n) is 5.42. The van der Waals surface area contributed by atoms with Gasteiger partial charge in [0.2, 0.25) is 0 Å². The molecule has 0 atom stereocenters. The number of benzene rings is 1. The van der Waals surface area contributed by atoms with Crippen LogP contribution in [0.5, 0.6) is 0 Å². The molecule has 0 bridgehead atoms. The van der Waals surface area contributed by atoms with Crippen molar-refractivity contribution in [3.63, 3.8) is 0 Å². The van der Waals surface area contributed by atoms with Crippen LogP contribution in [0.15, 0.2) is 48.6 Å². The van der Waals surface area contributed by atoms with Crippen LogP contribution in [-0.4, -0.2) is 17.8 Å². The van der Waals surface area contributed by atoms with Crippen LogP contribution in [0.4, 0.5) is 17.3 Å². The van der Waals surface area contributed by atoms with Gasteiger partial charge in [0.25, 0.3) is 5.71 Å². The van der Waals surface area contributed by atoms with Crippen LogP contribution >= 0.6 is 0 Å². The van der Waals surface area contributed by atoms with Crippen molar-refractivity contribution in [2.75, 3.05) is 0 Å². The highest BCUT2D eigenvalue weighted by atomic mass is 19.5. The lowest BCUT2D eigenvalue weighted by molar-refractivity contribution is -0.00535. The molecule has 0 amide bonds. The number of nitrogens with zero attached hydrogens (tertiary/aromatic N) is 2. The molecule has 1 aromatic carbocycles. The summed E-state index contributed by atoms with van der Waals surface area (Å²) in [6, 6.07) is 10.2. The van der Waals surface area contributed by atoms with Crippen molar-refractivity contribution in [2.24, 2.45) is 0 Å².